The van der Waals surface area contributed by atoms with Gasteiger partial charge in [-0.15, -0.1) is 0 Å². The van der Waals surface area contributed by atoms with Crippen molar-refractivity contribution in [2.45, 2.75) is 6.04 Å². The summed E-state index contributed by atoms with van der Waals surface area (Å²) in [4.78, 5) is 29.9. The van der Waals surface area contributed by atoms with E-state index in [-0.39, 0.29) is 5.57 Å². The van der Waals surface area contributed by atoms with Gasteiger partial charge in [-0.05, 0) is 23.8 Å². The average Bonchev–Trinajstić information content (AvgIpc) is 2.53. The minimum atomic E-state index is -2.97. The molecule has 124 valence electrons. The molecule has 0 fully saturated rings. The topological polar surface area (TPSA) is 164 Å². The van der Waals surface area contributed by atoms with E-state index in [2.05, 4.69) is 0 Å². The summed E-state index contributed by atoms with van der Waals surface area (Å²) in [6, 6.07) is 1.49. The first-order valence-corrected chi connectivity index (χ1v) is 7.23. The third-order valence-electron chi connectivity index (χ3n) is 3.17. The summed E-state index contributed by atoms with van der Waals surface area (Å²) in [5.74, 6) is 0. The molecule has 1 unspecified atom stereocenters. The van der Waals surface area contributed by atoms with Crippen molar-refractivity contribution in [3.05, 3.63) is 72.3 Å². The molecule has 0 amide bonds. The maximum absolute atomic E-state index is 11.2. The minimum Gasteiger partial charge on any atom is -0.264 e. The maximum Gasteiger partial charge on any atom is 0.284 e. The second kappa shape index (κ2) is 6.37. The molecule has 11 nitrogen and oxygen atoms in total. The van der Waals surface area contributed by atoms with E-state index in [0.29, 0.717) is 0 Å². The van der Waals surface area contributed by atoms with Crippen LogP contribution >= 0.6 is 0 Å². The molecule has 0 aliphatic heterocycles. The number of nitro benzene ring substituents is 2. The van der Waals surface area contributed by atoms with Crippen molar-refractivity contribution in [3.8, 4) is 0 Å². The predicted octanol–water partition coefficient (Wildman–Crippen LogP) is 1.15. The normalized spacial score (nSPS) is 16.4. The van der Waals surface area contributed by atoms with Crippen LogP contribution in [-0.4, -0.2) is 34.1 Å². The van der Waals surface area contributed by atoms with Crippen molar-refractivity contribution in [1.29, 1.82) is 0 Å². The summed E-state index contributed by atoms with van der Waals surface area (Å²) in [6.07, 6.45) is 2.78. The van der Waals surface area contributed by atoms with Gasteiger partial charge in [-0.2, -0.15) is 8.42 Å². The molecule has 0 saturated heterocycles. The molecular formula is C12H7N3O8S. The first kappa shape index (κ1) is 17.0. The fraction of sp³-hybridized carbons (Fsp3) is 0.0833. The molecule has 0 aromatic heterocycles. The van der Waals surface area contributed by atoms with Gasteiger partial charge in [-0.25, -0.2) is 0 Å². The highest BCUT2D eigenvalue weighted by molar-refractivity contribution is 7.73. The van der Waals surface area contributed by atoms with E-state index in [1.54, 1.807) is 0 Å². The Hall–Kier alpha value is -3.41. The molecule has 1 atom stereocenters. The highest BCUT2D eigenvalue weighted by Gasteiger charge is 2.32. The van der Waals surface area contributed by atoms with Crippen LogP contribution in [0.15, 0.2) is 36.4 Å². The van der Waals surface area contributed by atoms with Crippen LogP contribution in [-0.2, 0) is 10.3 Å². The number of hydrogen-bond acceptors (Lipinski definition) is 8. The zero-order valence-electron chi connectivity index (χ0n) is 11.6. The van der Waals surface area contributed by atoms with Crippen molar-refractivity contribution in [3.63, 3.8) is 0 Å². The number of rotatable bonds is 4. The van der Waals surface area contributed by atoms with Gasteiger partial charge >= 0.3 is 0 Å². The molecule has 1 aliphatic carbocycles. The molecule has 1 aliphatic rings. The van der Waals surface area contributed by atoms with Gasteiger partial charge in [0.2, 0.25) is 10.3 Å². The summed E-state index contributed by atoms with van der Waals surface area (Å²) < 4.78 is 22.4. The maximum atomic E-state index is 11.2. The van der Waals surface area contributed by atoms with Gasteiger partial charge in [0.25, 0.3) is 17.4 Å². The van der Waals surface area contributed by atoms with Crippen molar-refractivity contribution in [1.82, 2.24) is 0 Å². The summed E-state index contributed by atoms with van der Waals surface area (Å²) in [5.41, 5.74) is -1.83. The fourth-order valence-electron chi connectivity index (χ4n) is 2.18. The molecule has 1 aromatic carbocycles. The number of benzene rings is 1. The Bertz CT molecular complexity index is 920. The molecule has 0 radical (unpaired) electrons. The largest absolute Gasteiger partial charge is 0.284 e. The van der Waals surface area contributed by atoms with E-state index in [4.69, 9.17) is 0 Å². The van der Waals surface area contributed by atoms with Gasteiger partial charge < -0.3 is 0 Å². The molecule has 0 bridgehead atoms. The Balaban J connectivity index is 2.78. The van der Waals surface area contributed by atoms with Crippen LogP contribution in [0.5, 0.6) is 0 Å². The van der Waals surface area contributed by atoms with Gasteiger partial charge in [0.15, 0.2) is 0 Å². The first-order valence-electron chi connectivity index (χ1n) is 6.15. The SMILES string of the molecule is O=[N+]([O-])c1cccc([N+](=O)[O-])c1C1=CC(=S(=O)=O)C([N+](=O)[O-])C=C1. The number of nitrogens with zero attached hydrogens (tertiary/aromatic N) is 3. The van der Waals surface area contributed by atoms with E-state index in [1.807, 2.05) is 0 Å². The smallest absolute Gasteiger partial charge is 0.264 e. The lowest BCUT2D eigenvalue weighted by molar-refractivity contribution is -0.489. The van der Waals surface area contributed by atoms with E-state index in [1.165, 1.54) is 0 Å². The number of allylic oxidation sites excluding steroid dienone is 2. The molecule has 2 rings (SSSR count). The second-order valence-electron chi connectivity index (χ2n) is 4.51. The van der Waals surface area contributed by atoms with Crippen molar-refractivity contribution in [2.24, 2.45) is 0 Å². The molecule has 12 heteroatoms. The van der Waals surface area contributed by atoms with Crippen LogP contribution in [0.25, 0.3) is 5.57 Å². The van der Waals surface area contributed by atoms with E-state index >= 15 is 0 Å². The van der Waals surface area contributed by atoms with Gasteiger partial charge in [-0.1, -0.05) is 6.08 Å². The Morgan fingerprint density at radius 1 is 0.958 bits per heavy atom. The minimum absolute atomic E-state index is 0.175. The van der Waals surface area contributed by atoms with Gasteiger partial charge in [0, 0.05) is 17.1 Å². The Kier molecular flexibility index (Phi) is 4.50. The van der Waals surface area contributed by atoms with E-state index < -0.39 is 52.9 Å². The van der Waals surface area contributed by atoms with Crippen molar-refractivity contribution >= 4 is 32.1 Å². The predicted molar refractivity (Wildman–Crippen MR) is 81.6 cm³/mol. The van der Waals surface area contributed by atoms with E-state index in [9.17, 15) is 38.8 Å². The lowest BCUT2D eigenvalue weighted by Crippen LogP contribution is -2.28. The zero-order valence-corrected chi connectivity index (χ0v) is 12.4. The van der Waals surface area contributed by atoms with Crippen LogP contribution < -0.4 is 0 Å². The quantitative estimate of drug-likeness (QED) is 0.442. The first-order chi connectivity index (χ1) is 11.2. The van der Waals surface area contributed by atoms with Gasteiger partial charge in [0.05, 0.1) is 9.85 Å². The molecular weight excluding hydrogens is 346 g/mol. The van der Waals surface area contributed by atoms with Crippen LogP contribution in [0.1, 0.15) is 5.56 Å². The van der Waals surface area contributed by atoms with Crippen LogP contribution in [0.2, 0.25) is 0 Å². The molecule has 0 heterocycles. The Morgan fingerprint density at radius 3 is 1.92 bits per heavy atom. The van der Waals surface area contributed by atoms with Crippen LogP contribution in [0.4, 0.5) is 11.4 Å². The third kappa shape index (κ3) is 3.03. The molecule has 0 N–H and O–H groups in total. The molecule has 24 heavy (non-hydrogen) atoms. The van der Waals surface area contributed by atoms with Gasteiger partial charge in [0.1, 0.15) is 10.4 Å². The molecule has 0 spiro atoms. The highest BCUT2D eigenvalue weighted by Crippen LogP contribution is 2.36. The molecule has 1 aromatic rings. The van der Waals surface area contributed by atoms with E-state index in [0.717, 1.165) is 36.4 Å². The Morgan fingerprint density at radius 2 is 1.50 bits per heavy atom. The highest BCUT2D eigenvalue weighted by atomic mass is 32.2. The lowest BCUT2D eigenvalue weighted by Gasteiger charge is -2.11. The zero-order chi connectivity index (χ0) is 18.0. The van der Waals surface area contributed by atoms with Gasteiger partial charge in [-0.3, -0.25) is 30.3 Å². The van der Waals surface area contributed by atoms with Crippen LogP contribution in [0.3, 0.4) is 0 Å². The number of nitro groups is 3. The summed E-state index contributed by atoms with van der Waals surface area (Å²) >= 11 is 0. The molecule has 0 saturated carbocycles. The number of hydrogen-bond donors (Lipinski definition) is 0. The summed E-state index contributed by atoms with van der Waals surface area (Å²) in [7, 11) is -2.97. The second-order valence-corrected chi connectivity index (χ2v) is 5.45. The van der Waals surface area contributed by atoms with Crippen LogP contribution in [0, 0.1) is 30.3 Å². The summed E-state index contributed by atoms with van der Waals surface area (Å²) in [6.45, 7) is 0. The third-order valence-corrected chi connectivity index (χ3v) is 3.91. The van der Waals surface area contributed by atoms with Crippen molar-refractivity contribution < 1.29 is 23.2 Å². The fourth-order valence-corrected chi connectivity index (χ4v) is 2.77. The van der Waals surface area contributed by atoms with Crippen molar-refractivity contribution in [2.75, 3.05) is 0 Å². The Labute approximate surface area is 134 Å². The lowest BCUT2D eigenvalue weighted by atomic mass is 9.95. The standard InChI is InChI=1S/C12H7N3O8S/c16-13(17)8-5-4-7(6-11(8)24(22)23)12-9(14(18)19)2-1-3-10(12)15(20)21/h1-6,8H. The monoisotopic (exact) mass is 353 g/mol. The summed E-state index contributed by atoms with van der Waals surface area (Å²) in [5, 5.41) is 33.1. The average molecular weight is 353 g/mol.